The molecule has 0 aromatic heterocycles. The van der Waals surface area contributed by atoms with Crippen molar-refractivity contribution < 1.29 is 15.0 Å². The van der Waals surface area contributed by atoms with Crippen LogP contribution in [-0.4, -0.2) is 34.5 Å². The third-order valence-corrected chi connectivity index (χ3v) is 0.962. The summed E-state index contributed by atoms with van der Waals surface area (Å²) in [4.78, 5) is 9.54. The predicted molar refractivity (Wildman–Crippen MR) is 47.6 cm³/mol. The molecule has 0 saturated heterocycles. The van der Waals surface area contributed by atoms with Crippen LogP contribution in [0.25, 0.3) is 0 Å². The predicted octanol–water partition coefficient (Wildman–Crippen LogP) is -0.0672. The van der Waals surface area contributed by atoms with Gasteiger partial charge in [0, 0.05) is 12.4 Å². The quantitative estimate of drug-likeness (QED) is 0.631. The average Bonchev–Trinajstić information content (AvgIpc) is 1.85. The van der Waals surface area contributed by atoms with Crippen LogP contribution in [0.15, 0.2) is 0 Å². The van der Waals surface area contributed by atoms with Gasteiger partial charge < -0.3 is 15.0 Å². The van der Waals surface area contributed by atoms with Crippen molar-refractivity contribution in [1.82, 2.24) is 0 Å². The van der Waals surface area contributed by atoms with E-state index >= 15 is 0 Å². The van der Waals surface area contributed by atoms with Gasteiger partial charge in [0.25, 0.3) is 0 Å². The molecule has 0 radical (unpaired) electrons. The van der Waals surface area contributed by atoms with Gasteiger partial charge in [0.2, 0.25) is 0 Å². The van der Waals surface area contributed by atoms with Gasteiger partial charge in [-0.05, 0) is 6.92 Å². The molecule has 0 heterocycles. The fraction of sp³-hybridized carbons (Fsp3) is 0.875. The topological polar surface area (TPSA) is 60.4 Å². The zero-order valence-corrected chi connectivity index (χ0v) is 9.19. The number of carboxylic acids is 1. The van der Waals surface area contributed by atoms with E-state index in [1.807, 2.05) is 0 Å². The SMILES string of the molecule is CC(O)CC(=O)[O-].CCCC.[Al+3]. The van der Waals surface area contributed by atoms with Crippen LogP contribution in [0, 0.1) is 0 Å². The van der Waals surface area contributed by atoms with Crippen LogP contribution < -0.4 is 5.11 Å². The molecule has 68 valence electrons. The number of hydrogen-bond acceptors (Lipinski definition) is 3. The van der Waals surface area contributed by atoms with Crippen molar-refractivity contribution in [2.45, 2.75) is 46.1 Å². The molecule has 0 amide bonds. The van der Waals surface area contributed by atoms with E-state index in [1.54, 1.807) is 0 Å². The summed E-state index contributed by atoms with van der Waals surface area (Å²) in [5.41, 5.74) is 0. The summed E-state index contributed by atoms with van der Waals surface area (Å²) < 4.78 is 0. The molecule has 0 aliphatic heterocycles. The van der Waals surface area contributed by atoms with Crippen LogP contribution in [0.3, 0.4) is 0 Å². The molecule has 0 spiro atoms. The van der Waals surface area contributed by atoms with Crippen LogP contribution in [0.1, 0.15) is 40.0 Å². The monoisotopic (exact) mass is 188 g/mol. The van der Waals surface area contributed by atoms with E-state index in [2.05, 4.69) is 13.8 Å². The van der Waals surface area contributed by atoms with Gasteiger partial charge in [-0.3, -0.25) is 0 Å². The molecule has 0 bridgehead atoms. The van der Waals surface area contributed by atoms with Gasteiger partial charge in [-0.15, -0.1) is 0 Å². The Kier molecular flexibility index (Phi) is 20.2. The summed E-state index contributed by atoms with van der Waals surface area (Å²) in [6.45, 7) is 5.76. The zero-order valence-electron chi connectivity index (χ0n) is 8.04. The molecule has 0 rings (SSSR count). The summed E-state index contributed by atoms with van der Waals surface area (Å²) in [6, 6.07) is 0. The minimum atomic E-state index is -1.21. The number of carbonyl (C=O) groups excluding carboxylic acids is 1. The number of carbonyl (C=O) groups is 1. The Labute approximate surface area is 84.9 Å². The van der Waals surface area contributed by atoms with Crippen molar-refractivity contribution in [2.24, 2.45) is 0 Å². The number of carboxylic acid groups (broad SMARTS) is 1. The molecule has 0 aliphatic rings. The normalized spacial score (nSPS) is 10.3. The first-order valence-electron chi connectivity index (χ1n) is 3.92. The Morgan fingerprint density at radius 3 is 1.75 bits per heavy atom. The fourth-order valence-corrected chi connectivity index (χ4v) is 0.241. The first kappa shape index (κ1) is 17.9. The largest absolute Gasteiger partial charge is 3.00 e. The van der Waals surface area contributed by atoms with Crippen LogP contribution in [0.5, 0.6) is 0 Å². The second-order valence-electron chi connectivity index (χ2n) is 2.43. The third kappa shape index (κ3) is 32.5. The van der Waals surface area contributed by atoms with Gasteiger partial charge in [0.05, 0.1) is 6.10 Å². The maximum atomic E-state index is 9.54. The Hall–Kier alpha value is -0.0375. The molecular formula is C8H17AlO3+2. The van der Waals surface area contributed by atoms with Gasteiger partial charge in [0.15, 0.2) is 0 Å². The number of aliphatic hydroxyl groups is 1. The van der Waals surface area contributed by atoms with Crippen molar-refractivity contribution in [3.8, 4) is 0 Å². The Bertz CT molecular complexity index is 92.3. The molecule has 12 heavy (non-hydrogen) atoms. The first-order chi connectivity index (χ1) is 5.04. The Morgan fingerprint density at radius 1 is 1.42 bits per heavy atom. The maximum absolute atomic E-state index is 9.54. The molecule has 3 nitrogen and oxygen atoms in total. The molecule has 0 aliphatic carbocycles. The average molecular weight is 188 g/mol. The van der Waals surface area contributed by atoms with Crippen molar-refractivity contribution in [3.63, 3.8) is 0 Å². The second kappa shape index (κ2) is 13.5. The number of aliphatic carboxylic acids is 1. The molecule has 0 aromatic carbocycles. The van der Waals surface area contributed by atoms with E-state index in [0.29, 0.717) is 0 Å². The number of aliphatic hydroxyl groups excluding tert-OH is 1. The standard InChI is InChI=1S/C4H8O3.C4H10.Al/c1-3(5)2-4(6)7;1-3-4-2;/h3,5H,2H2,1H3,(H,6,7);3-4H2,1-2H3;/q;;+3/p-1. The maximum Gasteiger partial charge on any atom is 3.00 e. The molecule has 1 atom stereocenters. The number of unbranched alkanes of at least 4 members (excludes halogenated alkanes) is 1. The summed E-state index contributed by atoms with van der Waals surface area (Å²) in [5, 5.41) is 17.8. The molecule has 1 N–H and O–H groups in total. The van der Waals surface area contributed by atoms with Crippen LogP contribution in [0.4, 0.5) is 0 Å². The van der Waals surface area contributed by atoms with Crippen molar-refractivity contribution in [3.05, 3.63) is 0 Å². The van der Waals surface area contributed by atoms with E-state index in [4.69, 9.17) is 5.11 Å². The minimum absolute atomic E-state index is 0. The molecule has 0 fully saturated rings. The van der Waals surface area contributed by atoms with Crippen LogP contribution in [-0.2, 0) is 4.79 Å². The first-order valence-corrected chi connectivity index (χ1v) is 3.92. The molecule has 0 saturated carbocycles. The Morgan fingerprint density at radius 2 is 1.75 bits per heavy atom. The minimum Gasteiger partial charge on any atom is -0.550 e. The van der Waals surface area contributed by atoms with E-state index in [9.17, 15) is 9.90 Å². The van der Waals surface area contributed by atoms with E-state index in [1.165, 1.54) is 19.8 Å². The van der Waals surface area contributed by atoms with Gasteiger partial charge in [0.1, 0.15) is 0 Å². The summed E-state index contributed by atoms with van der Waals surface area (Å²) in [5.74, 6) is -1.21. The van der Waals surface area contributed by atoms with E-state index in [-0.39, 0.29) is 23.8 Å². The van der Waals surface area contributed by atoms with Gasteiger partial charge >= 0.3 is 17.4 Å². The summed E-state index contributed by atoms with van der Waals surface area (Å²) in [7, 11) is 0. The third-order valence-electron chi connectivity index (χ3n) is 0.962. The smallest absolute Gasteiger partial charge is 0.550 e. The van der Waals surface area contributed by atoms with Crippen LogP contribution in [0.2, 0.25) is 0 Å². The molecule has 1 unspecified atom stereocenters. The number of hydrogen-bond donors (Lipinski definition) is 1. The van der Waals surface area contributed by atoms with Crippen molar-refractivity contribution in [2.75, 3.05) is 0 Å². The van der Waals surface area contributed by atoms with Crippen molar-refractivity contribution in [1.29, 1.82) is 0 Å². The van der Waals surface area contributed by atoms with Crippen molar-refractivity contribution >= 4 is 23.3 Å². The fourth-order valence-electron chi connectivity index (χ4n) is 0.241. The van der Waals surface area contributed by atoms with Gasteiger partial charge in [-0.25, -0.2) is 0 Å². The Balaban J connectivity index is -0.000000142. The molecular weight excluding hydrogens is 171 g/mol. The molecule has 4 heteroatoms. The zero-order chi connectivity index (χ0) is 9.28. The second-order valence-corrected chi connectivity index (χ2v) is 2.43. The summed E-state index contributed by atoms with van der Waals surface area (Å²) in [6.07, 6.45) is 1.57. The van der Waals surface area contributed by atoms with Gasteiger partial charge in [-0.1, -0.05) is 26.7 Å². The van der Waals surface area contributed by atoms with Gasteiger partial charge in [-0.2, -0.15) is 0 Å². The molecule has 0 aromatic rings. The summed E-state index contributed by atoms with van der Waals surface area (Å²) >= 11 is 0. The van der Waals surface area contributed by atoms with Crippen LogP contribution >= 0.6 is 0 Å². The number of rotatable bonds is 3. The van der Waals surface area contributed by atoms with E-state index < -0.39 is 12.1 Å². The van der Waals surface area contributed by atoms with E-state index in [0.717, 1.165) is 0 Å².